The van der Waals surface area contributed by atoms with Crippen LogP contribution in [0.3, 0.4) is 0 Å². The summed E-state index contributed by atoms with van der Waals surface area (Å²) in [7, 11) is 1.68. The van der Waals surface area contributed by atoms with Crippen LogP contribution in [0.5, 0.6) is 0 Å². The number of aromatic amines is 2. The predicted octanol–water partition coefficient (Wildman–Crippen LogP) is 16.8. The second-order valence-corrected chi connectivity index (χ2v) is 34.4. The predicted molar refractivity (Wildman–Crippen MR) is 515 cm³/mol. The van der Waals surface area contributed by atoms with Gasteiger partial charge >= 0.3 is 36.6 Å². The van der Waals surface area contributed by atoms with Crippen molar-refractivity contribution in [1.29, 1.82) is 0 Å². The Morgan fingerprint density at radius 3 is 1.01 bits per heavy atom. The van der Waals surface area contributed by atoms with E-state index >= 15 is 0 Å². The van der Waals surface area contributed by atoms with Gasteiger partial charge in [-0.1, -0.05) is 200 Å². The fraction of sp³-hybridized carbons (Fsp3) is 0.464. The number of carbonyl (C=O) groups excluding carboxylic acids is 5. The fourth-order valence-corrected chi connectivity index (χ4v) is 10.7. The van der Waals surface area contributed by atoms with Gasteiger partial charge in [-0.3, -0.25) is 19.5 Å². The number of amides is 3. The lowest BCUT2D eigenvalue weighted by atomic mass is 10.1. The van der Waals surface area contributed by atoms with E-state index in [1.54, 1.807) is 70.8 Å². The first-order chi connectivity index (χ1) is 61.9. The summed E-state index contributed by atoms with van der Waals surface area (Å²) in [6, 6.07) is 47.3. The minimum atomic E-state index is -1.06. The number of benzene rings is 6. The molecule has 0 aliphatic carbocycles. The first kappa shape index (κ1) is 119. The zero-order valence-electron chi connectivity index (χ0n) is 78.9. The summed E-state index contributed by atoms with van der Waals surface area (Å²) in [5.41, 5.74) is 24.3. The van der Waals surface area contributed by atoms with Gasteiger partial charge in [0, 0.05) is 88.4 Å². The van der Waals surface area contributed by atoms with E-state index in [2.05, 4.69) is 136 Å². The number of carbonyl (C=O) groups is 6. The van der Waals surface area contributed by atoms with E-state index in [0.29, 0.717) is 83.0 Å². The number of hydrogen-bond acceptors (Lipinski definition) is 24. The number of aromatic nitrogens is 6. The first-order valence-corrected chi connectivity index (χ1v) is 44.3. The maximum absolute atomic E-state index is 12.5. The summed E-state index contributed by atoms with van der Waals surface area (Å²) in [5, 5.41) is 72.7. The van der Waals surface area contributed by atoms with Gasteiger partial charge in [0.15, 0.2) is 0 Å². The highest BCUT2D eigenvalue weighted by molar-refractivity contribution is 9.08. The van der Waals surface area contributed by atoms with E-state index < -0.39 is 64.6 Å². The molecule has 2 heterocycles. The van der Waals surface area contributed by atoms with Crippen LogP contribution in [-0.4, -0.2) is 202 Å². The van der Waals surface area contributed by atoms with Crippen molar-refractivity contribution in [2.24, 2.45) is 10.8 Å². The van der Waals surface area contributed by atoms with Crippen molar-refractivity contribution >= 4 is 68.4 Å². The molecule has 32 nitrogen and oxygen atoms in total. The van der Waals surface area contributed by atoms with Crippen LogP contribution in [0.1, 0.15) is 189 Å². The summed E-state index contributed by atoms with van der Waals surface area (Å²) in [6.45, 7) is 34.1. The number of carboxylic acids is 1. The lowest BCUT2D eigenvalue weighted by Crippen LogP contribution is -2.36. The third kappa shape index (κ3) is 63.8. The van der Waals surface area contributed by atoms with Crippen LogP contribution in [0.15, 0.2) is 163 Å². The summed E-state index contributed by atoms with van der Waals surface area (Å²) >= 11 is 6.69. The van der Waals surface area contributed by atoms with Crippen molar-refractivity contribution < 1.29 is 87.5 Å². The molecule has 0 aliphatic rings. The van der Waals surface area contributed by atoms with Gasteiger partial charge in [0.05, 0.1) is 51.5 Å². The summed E-state index contributed by atoms with van der Waals surface area (Å²) in [5.74, 6) is 6.42. The van der Waals surface area contributed by atoms with Crippen molar-refractivity contribution in [3.05, 3.63) is 247 Å². The Kier molecular flexibility index (Phi) is 61.4. The number of nitrogens with one attached hydrogen (secondary N) is 3. The summed E-state index contributed by atoms with van der Waals surface area (Å²) in [6.07, 6.45) is 18.4. The standard InChI is InChI=1S/C17H23N7O2.C17H24N4O3.C17H23NO3.C12H15NO.C10H18O5.C9H9BrO2.C9H11BrO.C3H5N.C3H8O/c1-17(2,3)26-16(25)24(12-15-10-20-23-21-15)11-14-6-4-13(5-7-14)8-9-19-22-18;1-17(2,3)24-16(23)21(12-15-10-18-20-19-15)11-14-6-4-13(5-7-14)8-9-22;1-5-11-18(16(20)21-17(2,3)4)13-15-8-6-14(7-9-15)10-12-19;1-2-8-13-10-12-5-3-11(4-6-12)7-9-14;1-9(2,3)14-7(11)13-8(12)15-10(4,5)6;10-6-8-3-1-7(2-4-8)5-9(11)12;10-7-9-3-1-8(2-4-9)5-6-11;1-2-3-4;1-3-4-2/h4-7,10H,8-9,11-12H2,1-3H3,(H,20,21,23);4-7,10,22H,8-9,11-12H2,1-3H3,(H,18,19,20);1,6-9,19H,10-13H2,2-4H3;1,3-6,13-14H,7-10H2;1-6H3;1-4H,5-6H2,(H,11,12);1-4,11H,5-7H2;1H,3-4H2;3H2,1-2H3. The number of aliphatic hydroxyl groups excluding tert-OH is 4. The largest absolute Gasteiger partial charge is 0.519 e. The monoisotopic (exact) mass is 1940 g/mol. The van der Waals surface area contributed by atoms with Crippen molar-refractivity contribution in [3.8, 4) is 37.0 Å². The molecule has 0 saturated carbocycles. The molecule has 0 atom stereocenters. The number of halogens is 2. The van der Waals surface area contributed by atoms with Crippen LogP contribution >= 0.6 is 31.9 Å². The van der Waals surface area contributed by atoms with Crippen molar-refractivity contribution in [2.45, 2.75) is 227 Å². The molecule has 0 radical (unpaired) electrons. The number of aliphatic hydroxyl groups is 4. The van der Waals surface area contributed by atoms with E-state index in [9.17, 15) is 28.8 Å². The number of nitrogens with zero attached hydrogens (tertiary/aromatic N) is 10. The smallest absolute Gasteiger partial charge is 0.481 e. The van der Waals surface area contributed by atoms with Gasteiger partial charge < -0.3 is 69.7 Å². The van der Waals surface area contributed by atoms with E-state index in [1.807, 2.05) is 191 Å². The molecule has 34 heteroatoms. The minimum absolute atomic E-state index is 0.0998. The Morgan fingerprint density at radius 2 is 0.748 bits per heavy atom. The van der Waals surface area contributed by atoms with E-state index in [1.165, 1.54) is 21.6 Å². The molecule has 10 N–H and O–H groups in total. The lowest BCUT2D eigenvalue weighted by molar-refractivity contribution is -0.136. The zero-order chi connectivity index (χ0) is 98.9. The molecular weight excluding hydrogens is 1810 g/mol. The Morgan fingerprint density at radius 1 is 0.458 bits per heavy atom. The highest BCUT2D eigenvalue weighted by Gasteiger charge is 2.28. The summed E-state index contributed by atoms with van der Waals surface area (Å²) < 4.78 is 34.7. The molecule has 0 unspecified atom stereocenters. The normalized spacial score (nSPS) is 10.5. The first-order valence-electron chi connectivity index (χ1n) is 42.1. The number of azide groups is 1. The lowest BCUT2D eigenvalue weighted by Gasteiger charge is -2.27. The molecule has 0 fully saturated rings. The van der Waals surface area contributed by atoms with Gasteiger partial charge in [-0.15, -0.1) is 19.3 Å². The number of rotatable bonds is 30. The second kappa shape index (κ2) is 67.5. The Labute approximate surface area is 790 Å². The van der Waals surface area contributed by atoms with Crippen LogP contribution < -0.4 is 11.1 Å². The molecule has 131 heavy (non-hydrogen) atoms. The third-order valence-electron chi connectivity index (χ3n) is 15.9. The molecular formula is C97H136Br2N14O18. The van der Waals surface area contributed by atoms with Crippen molar-refractivity contribution in [2.75, 3.05) is 66.3 Å². The molecule has 716 valence electrons. The average molecular weight is 1950 g/mol. The van der Waals surface area contributed by atoms with Crippen LogP contribution in [0.2, 0.25) is 0 Å². The van der Waals surface area contributed by atoms with Gasteiger partial charge in [-0.05, 0) is 215 Å². The number of methoxy groups -OCH3 is 1. The van der Waals surface area contributed by atoms with Gasteiger partial charge in [0.2, 0.25) is 0 Å². The number of H-pyrrole nitrogens is 2. The van der Waals surface area contributed by atoms with E-state index in [4.69, 9.17) is 73.3 Å². The molecule has 0 aliphatic heterocycles. The number of aliphatic carboxylic acids is 1. The molecule has 8 rings (SSSR count). The molecule has 0 bridgehead atoms. The molecule has 0 saturated heterocycles. The number of carboxylic acid groups (broad SMARTS) is 1. The Balaban J connectivity index is 0.00000151. The molecule has 2 aromatic heterocycles. The van der Waals surface area contributed by atoms with Crippen LogP contribution in [0, 0.1) is 37.0 Å². The Bertz CT molecular complexity index is 4600. The second-order valence-electron chi connectivity index (χ2n) is 33.3. The highest BCUT2D eigenvalue weighted by Crippen LogP contribution is 2.21. The summed E-state index contributed by atoms with van der Waals surface area (Å²) in [4.78, 5) is 76.8. The maximum atomic E-state index is 12.5. The molecule has 0 spiro atoms. The number of nitrogens with two attached hydrogens (primary N) is 1. The SMILES string of the molecule is C#CCN.C#CCN(Cc1ccc(CCO)cc1)C(=O)OC(C)(C)C.C#CCNCc1ccc(CCO)cc1.CC(C)(C)OC(=O)N(Cc1ccc(CCN=[N+]=[N-])cc1)Cc1cn[nH]n1.CC(C)(C)OC(=O)N(Cc1ccc(CCO)cc1)Cc1cn[nH]n1.CC(C)(C)OC(=O)OC(=O)OC(C)(C)C.CCOC.O=C(O)Cc1ccc(CBr)cc1.OCCc1ccc(CBr)cc1. The number of terminal acetylenes is 3. The van der Waals surface area contributed by atoms with Crippen molar-refractivity contribution in [3.63, 3.8) is 0 Å². The van der Waals surface area contributed by atoms with Crippen LogP contribution in [0.25, 0.3) is 10.4 Å². The fourth-order valence-electron chi connectivity index (χ4n) is 9.90. The number of alkyl halides is 2. The van der Waals surface area contributed by atoms with Gasteiger partial charge in [0.1, 0.15) is 39.4 Å². The molecule has 6 aromatic carbocycles. The number of hydrogen-bond donors (Lipinski definition) is 9. The van der Waals surface area contributed by atoms with Gasteiger partial charge in [-0.25, -0.2) is 24.0 Å². The van der Waals surface area contributed by atoms with Gasteiger partial charge in [0.25, 0.3) is 0 Å². The quantitative estimate of drug-likeness (QED) is 0.00232. The van der Waals surface area contributed by atoms with E-state index in [0.717, 1.165) is 86.7 Å². The average Bonchev–Trinajstić information content (AvgIpc) is 1.84. The molecule has 8 aromatic rings. The maximum Gasteiger partial charge on any atom is 0.519 e. The van der Waals surface area contributed by atoms with Crippen LogP contribution in [0.4, 0.5) is 24.0 Å². The molecule has 3 amide bonds. The van der Waals surface area contributed by atoms with Crippen LogP contribution in [-0.2, 0) is 126 Å². The van der Waals surface area contributed by atoms with Gasteiger partial charge in [-0.2, -0.15) is 30.8 Å². The minimum Gasteiger partial charge on any atom is -0.481 e. The van der Waals surface area contributed by atoms with Crippen molar-refractivity contribution in [1.82, 2.24) is 50.8 Å². The topological polar surface area (TPSA) is 448 Å². The zero-order valence-corrected chi connectivity index (χ0v) is 82.0. The third-order valence-corrected chi connectivity index (χ3v) is 17.2. The number of ether oxygens (including phenoxy) is 7. The van der Waals surface area contributed by atoms with E-state index in [-0.39, 0.29) is 39.4 Å². The highest BCUT2D eigenvalue weighted by atomic mass is 79.9. The Hall–Kier alpha value is -11.7.